The topological polar surface area (TPSA) is 9.23 Å². The van der Waals surface area contributed by atoms with Crippen LogP contribution in [0, 0.1) is 29.2 Å². The maximum Gasteiger partial charge on any atom is 0.272 e. The van der Waals surface area contributed by atoms with Gasteiger partial charge in [0.15, 0.2) is 17.4 Å². The van der Waals surface area contributed by atoms with E-state index in [1.807, 2.05) is 0 Å². The van der Waals surface area contributed by atoms with Crippen molar-refractivity contribution in [2.24, 2.45) is 5.92 Å². The van der Waals surface area contributed by atoms with E-state index in [0.717, 1.165) is 32.1 Å². The van der Waals surface area contributed by atoms with Gasteiger partial charge in [-0.15, -0.1) is 0 Å². The van der Waals surface area contributed by atoms with Gasteiger partial charge in [0, 0.05) is 0 Å². The molecule has 1 saturated carbocycles. The van der Waals surface area contributed by atoms with Gasteiger partial charge in [-0.3, -0.25) is 0 Å². The molecule has 0 heterocycles. The highest BCUT2D eigenvalue weighted by atomic mass is 19.3. The highest BCUT2D eigenvalue weighted by Gasteiger charge is 2.25. The van der Waals surface area contributed by atoms with E-state index in [-0.39, 0.29) is 11.5 Å². The van der Waals surface area contributed by atoms with Gasteiger partial charge >= 0.3 is 0 Å². The molecule has 170 valence electrons. The second kappa shape index (κ2) is 10.4. The van der Waals surface area contributed by atoms with Crippen LogP contribution in [0.15, 0.2) is 24.3 Å². The number of unbranched alkanes of at least 4 members (excludes halogenated alkanes) is 1. The lowest BCUT2D eigenvalue weighted by atomic mass is 9.77. The van der Waals surface area contributed by atoms with Gasteiger partial charge in [0.25, 0.3) is 6.43 Å². The van der Waals surface area contributed by atoms with Crippen LogP contribution in [0.1, 0.15) is 63.4 Å². The Morgan fingerprint density at radius 3 is 1.97 bits per heavy atom. The Balaban J connectivity index is 1.80. The van der Waals surface area contributed by atoms with Crippen molar-refractivity contribution in [1.29, 1.82) is 0 Å². The number of benzene rings is 2. The smallest absolute Gasteiger partial charge is 0.272 e. The predicted molar refractivity (Wildman–Crippen MR) is 107 cm³/mol. The molecule has 2 aromatic rings. The lowest BCUT2D eigenvalue weighted by Crippen LogP contribution is -2.14. The molecular formula is C24H26F6O. The molecule has 1 nitrogen and oxygen atoms in total. The van der Waals surface area contributed by atoms with E-state index >= 15 is 0 Å². The van der Waals surface area contributed by atoms with E-state index in [1.165, 1.54) is 25.0 Å². The first-order valence-corrected chi connectivity index (χ1v) is 10.7. The largest absolute Gasteiger partial charge is 0.482 e. The van der Waals surface area contributed by atoms with Gasteiger partial charge in [-0.2, -0.15) is 0 Å². The molecule has 0 amide bonds. The molecule has 0 unspecified atom stereocenters. The average Bonchev–Trinajstić information content (AvgIpc) is 2.71. The summed E-state index contributed by atoms with van der Waals surface area (Å²) in [6, 6.07) is 3.83. The molecular weight excluding hydrogens is 418 g/mol. The fourth-order valence-corrected chi connectivity index (χ4v) is 4.37. The van der Waals surface area contributed by atoms with Crippen molar-refractivity contribution in [3.8, 4) is 16.9 Å². The van der Waals surface area contributed by atoms with Crippen LogP contribution in [0.3, 0.4) is 0 Å². The summed E-state index contributed by atoms with van der Waals surface area (Å²) in [5, 5.41) is 0. The molecule has 2 aromatic carbocycles. The molecule has 7 heteroatoms. The van der Waals surface area contributed by atoms with Crippen LogP contribution >= 0.6 is 0 Å². The van der Waals surface area contributed by atoms with Crippen molar-refractivity contribution < 1.29 is 31.1 Å². The third-order valence-corrected chi connectivity index (χ3v) is 5.99. The third kappa shape index (κ3) is 5.74. The van der Waals surface area contributed by atoms with Crippen molar-refractivity contribution in [1.82, 2.24) is 0 Å². The summed E-state index contributed by atoms with van der Waals surface area (Å²) in [5.41, 5.74) is -0.367. The molecule has 0 bridgehead atoms. The number of hydrogen-bond donors (Lipinski definition) is 0. The zero-order valence-electron chi connectivity index (χ0n) is 17.4. The summed E-state index contributed by atoms with van der Waals surface area (Å²) >= 11 is 0. The summed E-state index contributed by atoms with van der Waals surface area (Å²) in [6.07, 6.45) is 4.35. The lowest BCUT2D eigenvalue weighted by Gasteiger charge is -2.29. The third-order valence-electron chi connectivity index (χ3n) is 5.99. The molecule has 0 aliphatic heterocycles. The van der Waals surface area contributed by atoms with E-state index in [4.69, 9.17) is 0 Å². The first-order valence-electron chi connectivity index (χ1n) is 10.7. The van der Waals surface area contributed by atoms with Crippen molar-refractivity contribution in [3.05, 3.63) is 53.1 Å². The summed E-state index contributed by atoms with van der Waals surface area (Å²) in [5.74, 6) is -4.73. The van der Waals surface area contributed by atoms with Crippen molar-refractivity contribution in [3.63, 3.8) is 0 Å². The molecule has 1 aliphatic carbocycles. The fourth-order valence-electron chi connectivity index (χ4n) is 4.37. The van der Waals surface area contributed by atoms with Crippen LogP contribution in [0.5, 0.6) is 5.75 Å². The molecule has 0 N–H and O–H groups in total. The Kier molecular flexibility index (Phi) is 7.89. The molecule has 0 spiro atoms. The van der Waals surface area contributed by atoms with E-state index in [2.05, 4.69) is 11.7 Å². The average molecular weight is 444 g/mol. The predicted octanol–water partition coefficient (Wildman–Crippen LogP) is 8.02. The highest BCUT2D eigenvalue weighted by molar-refractivity contribution is 5.66. The van der Waals surface area contributed by atoms with E-state index in [9.17, 15) is 26.3 Å². The van der Waals surface area contributed by atoms with Gasteiger partial charge in [-0.25, -0.2) is 26.3 Å². The van der Waals surface area contributed by atoms with Crippen molar-refractivity contribution in [2.45, 2.75) is 64.2 Å². The quantitative estimate of drug-likeness (QED) is 0.375. The van der Waals surface area contributed by atoms with Crippen LogP contribution in [0.2, 0.25) is 0 Å². The molecule has 3 rings (SSSR count). The minimum atomic E-state index is -2.91. The van der Waals surface area contributed by atoms with Crippen LogP contribution < -0.4 is 4.74 Å². The maximum atomic E-state index is 14.8. The van der Waals surface area contributed by atoms with Crippen LogP contribution in [0.4, 0.5) is 26.3 Å². The van der Waals surface area contributed by atoms with E-state index < -0.39 is 47.6 Å². The van der Waals surface area contributed by atoms with E-state index in [1.54, 1.807) is 0 Å². The summed E-state index contributed by atoms with van der Waals surface area (Å²) in [4.78, 5) is 0. The summed E-state index contributed by atoms with van der Waals surface area (Å²) in [6.45, 7) is 0.964. The van der Waals surface area contributed by atoms with Crippen molar-refractivity contribution >= 4 is 0 Å². The number of rotatable bonds is 8. The van der Waals surface area contributed by atoms with Gasteiger partial charge in [0.05, 0.1) is 5.56 Å². The Bertz CT molecular complexity index is 844. The maximum absolute atomic E-state index is 14.8. The standard InChI is InChI=1S/C24H26F6O/c1-2-3-4-14-5-7-15(8-6-14)16-9-18(25)23(19(26)10-16)17-11-20(27)24(21(28)12-17)31-13-22(29)30/h9-12,14-15,22H,2-8,13H2,1H3. The Morgan fingerprint density at radius 1 is 0.871 bits per heavy atom. The molecule has 31 heavy (non-hydrogen) atoms. The second-order valence-corrected chi connectivity index (χ2v) is 8.19. The molecule has 0 atom stereocenters. The van der Waals surface area contributed by atoms with Crippen molar-refractivity contribution in [2.75, 3.05) is 6.61 Å². The summed E-state index contributed by atoms with van der Waals surface area (Å²) < 4.78 is 86.8. The van der Waals surface area contributed by atoms with Gasteiger partial charge in [-0.1, -0.05) is 26.2 Å². The first-order chi connectivity index (χ1) is 14.8. The molecule has 0 saturated heterocycles. The zero-order valence-corrected chi connectivity index (χ0v) is 17.4. The van der Waals surface area contributed by atoms with Gasteiger partial charge < -0.3 is 4.74 Å². The highest BCUT2D eigenvalue weighted by Crippen LogP contribution is 2.40. The van der Waals surface area contributed by atoms with Gasteiger partial charge in [0.2, 0.25) is 0 Å². The minimum Gasteiger partial charge on any atom is -0.482 e. The molecule has 1 fully saturated rings. The van der Waals surface area contributed by atoms with Gasteiger partial charge in [0.1, 0.15) is 18.2 Å². The number of halogens is 6. The lowest BCUT2D eigenvalue weighted by molar-refractivity contribution is 0.0777. The normalized spacial score (nSPS) is 19.1. The number of alkyl halides is 2. The number of hydrogen-bond acceptors (Lipinski definition) is 1. The first kappa shape index (κ1) is 23.5. The second-order valence-electron chi connectivity index (χ2n) is 8.19. The van der Waals surface area contributed by atoms with Gasteiger partial charge in [-0.05, 0) is 72.9 Å². The molecule has 0 aromatic heterocycles. The van der Waals surface area contributed by atoms with E-state index in [0.29, 0.717) is 23.6 Å². The fraction of sp³-hybridized carbons (Fsp3) is 0.500. The van der Waals surface area contributed by atoms with Crippen LogP contribution in [0.25, 0.3) is 11.1 Å². The molecule has 1 aliphatic rings. The Labute approximate surface area is 178 Å². The van der Waals surface area contributed by atoms with Crippen LogP contribution in [-0.4, -0.2) is 13.0 Å². The number of ether oxygens (including phenoxy) is 1. The Hall–Kier alpha value is -2.18. The molecule has 0 radical (unpaired) electrons. The summed E-state index contributed by atoms with van der Waals surface area (Å²) in [7, 11) is 0. The Morgan fingerprint density at radius 2 is 1.45 bits per heavy atom. The SMILES string of the molecule is CCCCC1CCC(c2cc(F)c(-c3cc(F)c(OCC(F)F)c(F)c3)c(F)c2)CC1. The monoisotopic (exact) mass is 444 g/mol. The minimum absolute atomic E-state index is 0.0505. The van der Waals surface area contributed by atoms with Crippen LogP contribution in [-0.2, 0) is 0 Å². The zero-order chi connectivity index (χ0) is 22.5.